The van der Waals surface area contributed by atoms with Crippen LogP contribution in [0.5, 0.6) is 0 Å². The lowest BCUT2D eigenvalue weighted by molar-refractivity contribution is -0.134. The van der Waals surface area contributed by atoms with Crippen molar-refractivity contribution in [2.45, 2.75) is 68.7 Å². The minimum absolute atomic E-state index is 0.0285. The van der Waals surface area contributed by atoms with Crippen LogP contribution in [-0.2, 0) is 43.2 Å². The van der Waals surface area contributed by atoms with Gasteiger partial charge in [-0.3, -0.25) is 24.0 Å². The van der Waals surface area contributed by atoms with Crippen LogP contribution in [0.15, 0.2) is 140 Å². The van der Waals surface area contributed by atoms with E-state index in [9.17, 15) is 24.0 Å². The number of thiol groups is 1. The van der Waals surface area contributed by atoms with Crippen LogP contribution < -0.4 is 38.1 Å². The number of benzene rings is 5. The van der Waals surface area contributed by atoms with Crippen LogP contribution in [0.1, 0.15) is 36.0 Å². The average molecular weight is 906 g/mol. The largest absolute Gasteiger partial charge is 0.370 e. The maximum Gasteiger partial charge on any atom is 0.243 e. The van der Waals surface area contributed by atoms with E-state index < -0.39 is 59.7 Å². The van der Waals surface area contributed by atoms with Gasteiger partial charge in [0.05, 0.1) is 11.6 Å². The molecule has 2 aromatic heterocycles. The number of aromatic nitrogens is 2. The van der Waals surface area contributed by atoms with Gasteiger partial charge in [0.2, 0.25) is 29.5 Å². The number of aromatic amines is 1. The number of unbranched alkanes of at least 4 members (excludes halogenated alkanes) is 1. The first-order valence-corrected chi connectivity index (χ1v) is 22.7. The summed E-state index contributed by atoms with van der Waals surface area (Å²) in [6.45, 7) is 0.579. The molecule has 2 heterocycles. The second kappa shape index (κ2) is 22.6. The normalized spacial score (nSPS) is 13.5. The third kappa shape index (κ3) is 12.5. The summed E-state index contributed by atoms with van der Waals surface area (Å²) in [4.78, 5) is 77.2. The molecule has 0 spiro atoms. The molecule has 0 aliphatic rings. The standard InChI is InChI=1S/C51H55N9O5S/c52-39(31-66)48(62)58-44(28-33-21-22-34-14-4-5-16-36(34)26-33)50(64)60-45(29-37-30-55-41-19-9-7-17-38(37)41)51(65)59-43(27-32-12-2-1-3-13-32)49(63)57-42(47(53)61)20-10-11-25-54-46-24-23-35-15-6-8-18-40(35)56-46/h1-9,12-19,21-24,26,30,39,42-45,55,66H,10-11,20,25,27-29,31,52H2,(H2,53,61)(H,54,56)(H,57,63)(H,58,62)(H,59,65)(H,60,64)/t39-,42+,43-,44-,45+/m1/s1. The first kappa shape index (κ1) is 46.8. The molecule has 5 aromatic carbocycles. The smallest absolute Gasteiger partial charge is 0.243 e. The van der Waals surface area contributed by atoms with Gasteiger partial charge in [-0.25, -0.2) is 4.98 Å². The number of nitrogens with zero attached hydrogens (tertiary/aromatic N) is 1. The van der Waals surface area contributed by atoms with Gasteiger partial charge >= 0.3 is 0 Å². The Morgan fingerprint density at radius 2 is 1.18 bits per heavy atom. The van der Waals surface area contributed by atoms with Crippen molar-refractivity contribution in [2.75, 3.05) is 17.6 Å². The summed E-state index contributed by atoms with van der Waals surface area (Å²) in [7, 11) is 0. The van der Waals surface area contributed by atoms with Crippen molar-refractivity contribution in [3.63, 3.8) is 0 Å². The third-order valence-corrected chi connectivity index (χ3v) is 11.9. The summed E-state index contributed by atoms with van der Waals surface area (Å²) < 4.78 is 0. The molecular weight excluding hydrogens is 851 g/mol. The molecule has 0 fully saturated rings. The van der Waals surface area contributed by atoms with E-state index in [1.165, 1.54) is 0 Å². The number of amides is 5. The minimum atomic E-state index is -1.23. The van der Waals surface area contributed by atoms with Crippen molar-refractivity contribution in [3.8, 4) is 0 Å². The Balaban J connectivity index is 1.09. The molecule has 0 unspecified atom stereocenters. The number of nitrogens with two attached hydrogens (primary N) is 2. The Morgan fingerprint density at radius 3 is 1.91 bits per heavy atom. The zero-order valence-corrected chi connectivity index (χ0v) is 37.3. The summed E-state index contributed by atoms with van der Waals surface area (Å²) in [6, 6.07) is 36.5. The van der Waals surface area contributed by atoms with E-state index in [0.717, 1.165) is 55.1 Å². The molecule has 7 rings (SSSR count). The molecule has 15 heteroatoms. The van der Waals surface area contributed by atoms with E-state index in [1.807, 2.05) is 133 Å². The first-order valence-electron chi connectivity index (χ1n) is 22.1. The molecule has 0 aliphatic carbocycles. The molecule has 0 radical (unpaired) electrons. The minimum Gasteiger partial charge on any atom is -0.370 e. The second-order valence-corrected chi connectivity index (χ2v) is 16.8. The fourth-order valence-electron chi connectivity index (χ4n) is 7.92. The maximum absolute atomic E-state index is 14.7. The predicted molar refractivity (Wildman–Crippen MR) is 263 cm³/mol. The number of nitrogens with one attached hydrogen (secondary N) is 6. The number of anilines is 1. The molecule has 5 atom stereocenters. The first-order chi connectivity index (χ1) is 32.0. The number of hydrogen-bond donors (Lipinski definition) is 9. The van der Waals surface area contributed by atoms with Gasteiger partial charge in [-0.15, -0.1) is 0 Å². The van der Waals surface area contributed by atoms with Gasteiger partial charge in [0, 0.05) is 54.0 Å². The summed E-state index contributed by atoms with van der Waals surface area (Å²) in [5.74, 6) is -2.42. The number of carbonyl (C=O) groups excluding carboxylic acids is 5. The fraction of sp³-hybridized carbons (Fsp3) is 0.255. The van der Waals surface area contributed by atoms with Gasteiger partial charge < -0.3 is 43.0 Å². The zero-order chi connectivity index (χ0) is 46.4. The van der Waals surface area contributed by atoms with Crippen LogP contribution in [0.2, 0.25) is 0 Å². The highest BCUT2D eigenvalue weighted by Crippen LogP contribution is 2.21. The number of H-pyrrole nitrogens is 1. The van der Waals surface area contributed by atoms with Crippen molar-refractivity contribution in [3.05, 3.63) is 156 Å². The van der Waals surface area contributed by atoms with Crippen LogP contribution in [0.4, 0.5) is 5.82 Å². The Kier molecular flexibility index (Phi) is 16.0. The molecule has 0 aliphatic heterocycles. The van der Waals surface area contributed by atoms with E-state index in [-0.39, 0.29) is 31.4 Å². The van der Waals surface area contributed by atoms with Crippen LogP contribution >= 0.6 is 12.6 Å². The second-order valence-electron chi connectivity index (χ2n) is 16.4. The number of carbonyl (C=O) groups is 5. The number of rotatable bonds is 22. The summed E-state index contributed by atoms with van der Waals surface area (Å²) in [5, 5.41) is 18.6. The summed E-state index contributed by atoms with van der Waals surface area (Å²) in [6.07, 6.45) is 3.45. The topological polar surface area (TPSA) is 226 Å². The van der Waals surface area contributed by atoms with Crippen molar-refractivity contribution in [1.29, 1.82) is 0 Å². The third-order valence-electron chi connectivity index (χ3n) is 11.6. The van der Waals surface area contributed by atoms with Crippen molar-refractivity contribution >= 4 is 80.6 Å². The van der Waals surface area contributed by atoms with E-state index in [4.69, 9.17) is 11.5 Å². The highest BCUT2D eigenvalue weighted by Gasteiger charge is 2.32. The molecular formula is C51H55N9O5S. The Hall–Kier alpha value is -7.23. The fourth-order valence-corrected chi connectivity index (χ4v) is 8.08. The van der Waals surface area contributed by atoms with Gasteiger partial charge in [0.1, 0.15) is 30.0 Å². The number of pyridine rings is 1. The quantitative estimate of drug-likeness (QED) is 0.0337. The van der Waals surface area contributed by atoms with Gasteiger partial charge in [-0.1, -0.05) is 109 Å². The molecule has 0 saturated carbocycles. The monoisotopic (exact) mass is 905 g/mol. The summed E-state index contributed by atoms with van der Waals surface area (Å²) in [5.41, 5.74) is 15.8. The van der Waals surface area contributed by atoms with E-state index in [2.05, 4.69) is 49.2 Å². The summed E-state index contributed by atoms with van der Waals surface area (Å²) >= 11 is 4.19. The highest BCUT2D eigenvalue weighted by molar-refractivity contribution is 7.80. The zero-order valence-electron chi connectivity index (χ0n) is 36.4. The van der Waals surface area contributed by atoms with Crippen LogP contribution in [-0.4, -0.2) is 82.0 Å². The average Bonchev–Trinajstić information content (AvgIpc) is 3.75. The number of fused-ring (bicyclic) bond motifs is 3. The molecule has 66 heavy (non-hydrogen) atoms. The molecule has 340 valence electrons. The molecule has 5 amide bonds. The molecule has 14 nitrogen and oxygen atoms in total. The van der Waals surface area contributed by atoms with Gasteiger partial charge in [0.25, 0.3) is 0 Å². The lowest BCUT2D eigenvalue weighted by Gasteiger charge is -2.27. The maximum atomic E-state index is 14.7. The van der Waals surface area contributed by atoms with Crippen LogP contribution in [0.3, 0.4) is 0 Å². The molecule has 7 aromatic rings. The van der Waals surface area contributed by atoms with Crippen molar-refractivity contribution in [1.82, 2.24) is 31.2 Å². The number of hydrogen-bond acceptors (Lipinski definition) is 9. The lowest BCUT2D eigenvalue weighted by atomic mass is 9.99. The molecule has 0 saturated heterocycles. The Bertz CT molecular complexity index is 2800. The molecule has 0 bridgehead atoms. The number of primary amides is 1. The number of para-hydroxylation sites is 2. The van der Waals surface area contributed by atoms with E-state index in [1.54, 1.807) is 6.20 Å². The van der Waals surface area contributed by atoms with E-state index in [0.29, 0.717) is 19.4 Å². The van der Waals surface area contributed by atoms with Gasteiger partial charge in [-0.05, 0) is 71.0 Å². The Morgan fingerprint density at radius 1 is 0.591 bits per heavy atom. The predicted octanol–water partition coefficient (Wildman–Crippen LogP) is 4.86. The highest BCUT2D eigenvalue weighted by atomic mass is 32.1. The van der Waals surface area contributed by atoms with Crippen molar-refractivity contribution in [2.24, 2.45) is 11.5 Å². The van der Waals surface area contributed by atoms with Gasteiger partial charge in [-0.2, -0.15) is 12.6 Å². The van der Waals surface area contributed by atoms with Gasteiger partial charge in [0.15, 0.2) is 0 Å². The lowest BCUT2D eigenvalue weighted by Crippen LogP contribution is -2.60. The Labute approximate surface area is 388 Å². The molecule has 10 N–H and O–H groups in total. The van der Waals surface area contributed by atoms with E-state index >= 15 is 0 Å². The van der Waals surface area contributed by atoms with Crippen molar-refractivity contribution < 1.29 is 24.0 Å². The van der Waals surface area contributed by atoms with Crippen LogP contribution in [0.25, 0.3) is 32.6 Å². The SMILES string of the molecule is NC(=O)[C@H](CCCCNc1ccc2ccccc2n1)NC(=O)[C@@H](Cc1ccccc1)NC(=O)[C@H](Cc1c[nH]c2ccccc12)NC(=O)[C@@H](Cc1ccc2ccccc2c1)NC(=O)[C@H](N)CS. The van der Waals surface area contributed by atoms with Crippen LogP contribution in [0, 0.1) is 0 Å².